The van der Waals surface area contributed by atoms with Gasteiger partial charge in [-0.3, -0.25) is 14.6 Å². The molecule has 0 unspecified atom stereocenters. The number of carbonyl (C=O) groups excluding carboxylic acids is 1. The number of phenols is 2. The zero-order valence-electron chi connectivity index (χ0n) is 21.6. The van der Waals surface area contributed by atoms with Crippen molar-refractivity contribution in [3.8, 4) is 34.2 Å². The molecule has 1 aliphatic carbocycles. The van der Waals surface area contributed by atoms with E-state index in [-0.39, 0.29) is 68.2 Å². The second-order valence-corrected chi connectivity index (χ2v) is 10.1. The zero-order valence-corrected chi connectivity index (χ0v) is 21.6. The molecule has 0 fully saturated rings. The number of nitrogen functional groups attached to an aromatic ring is 1. The van der Waals surface area contributed by atoms with Crippen molar-refractivity contribution in [1.82, 2.24) is 24.7 Å². The largest absolute Gasteiger partial charge is 0.507 e. The van der Waals surface area contributed by atoms with Crippen LogP contribution in [0.4, 0.5) is 5.95 Å². The molecule has 2 aliphatic rings. The van der Waals surface area contributed by atoms with Crippen molar-refractivity contribution in [1.29, 1.82) is 0 Å². The van der Waals surface area contributed by atoms with Gasteiger partial charge in [0.25, 0.3) is 5.56 Å². The van der Waals surface area contributed by atoms with Crippen molar-refractivity contribution < 1.29 is 19.7 Å². The van der Waals surface area contributed by atoms with Crippen molar-refractivity contribution in [3.05, 3.63) is 86.7 Å². The maximum atomic E-state index is 14.3. The van der Waals surface area contributed by atoms with Crippen LogP contribution in [0.25, 0.3) is 34.1 Å². The second kappa shape index (κ2) is 7.79. The first-order valence-electron chi connectivity index (χ1n) is 12.5. The first-order valence-corrected chi connectivity index (χ1v) is 12.5. The summed E-state index contributed by atoms with van der Waals surface area (Å²) in [6.45, 7) is 4.99. The van der Waals surface area contributed by atoms with Gasteiger partial charge in [0.1, 0.15) is 28.4 Å². The summed E-state index contributed by atoms with van der Waals surface area (Å²) < 4.78 is 8.01. The molecule has 198 valence electrons. The van der Waals surface area contributed by atoms with Crippen LogP contribution in [-0.4, -0.2) is 40.7 Å². The Balaban J connectivity index is 1.49. The number of nitrogens with one attached hydrogen (secondary N) is 1. The number of hydrogen-bond donors (Lipinski definition) is 4. The normalized spacial score (nSPS) is 17.3. The van der Waals surface area contributed by atoms with Crippen molar-refractivity contribution in [3.63, 3.8) is 0 Å². The third kappa shape index (κ3) is 2.91. The molecule has 7 rings (SSSR count). The van der Waals surface area contributed by atoms with Gasteiger partial charge in [-0.25, -0.2) is 9.67 Å². The lowest BCUT2D eigenvalue weighted by Gasteiger charge is -2.27. The summed E-state index contributed by atoms with van der Waals surface area (Å²) in [5, 5.41) is 27.4. The highest BCUT2D eigenvalue weighted by Gasteiger charge is 2.55. The molecule has 0 saturated heterocycles. The first kappa shape index (κ1) is 23.7. The fraction of sp³-hybridized carbons (Fsp3) is 0.138. The number of aromatic nitrogens is 5. The molecule has 4 heterocycles. The molecule has 0 radical (unpaired) electrons. The number of para-hydroxylation sites is 1. The maximum Gasteiger partial charge on any atom is 0.261 e. The van der Waals surface area contributed by atoms with Gasteiger partial charge in [-0.15, -0.1) is 0 Å². The Morgan fingerprint density at radius 1 is 1.00 bits per heavy atom. The van der Waals surface area contributed by atoms with E-state index in [9.17, 15) is 19.8 Å². The fourth-order valence-corrected chi connectivity index (χ4v) is 5.64. The number of aromatic amines is 1. The second-order valence-electron chi connectivity index (χ2n) is 10.1. The van der Waals surface area contributed by atoms with Crippen molar-refractivity contribution in [2.45, 2.75) is 26.2 Å². The summed E-state index contributed by atoms with van der Waals surface area (Å²) >= 11 is 0. The molecule has 2 aromatic carbocycles. The fourth-order valence-electron chi connectivity index (χ4n) is 5.64. The molecule has 0 amide bonds. The van der Waals surface area contributed by atoms with Crippen molar-refractivity contribution >= 4 is 28.8 Å². The number of fused-ring (bicyclic) bond motifs is 5. The molecule has 3 aromatic heterocycles. The zero-order chi connectivity index (χ0) is 28.1. The minimum absolute atomic E-state index is 0.0699. The highest BCUT2D eigenvalue weighted by atomic mass is 16.5. The molecule has 40 heavy (non-hydrogen) atoms. The number of allylic oxidation sites excluding steroid dienone is 1. The van der Waals surface area contributed by atoms with Gasteiger partial charge in [-0.1, -0.05) is 18.2 Å². The van der Waals surface area contributed by atoms with Gasteiger partial charge in [0.2, 0.25) is 5.95 Å². The molecule has 11 nitrogen and oxygen atoms in total. The number of ether oxygens (including phenoxy) is 1. The number of aryl methyl sites for hydroxylation is 1. The molecule has 5 N–H and O–H groups in total. The summed E-state index contributed by atoms with van der Waals surface area (Å²) in [6.07, 6.45) is 1.74. The van der Waals surface area contributed by atoms with E-state index in [0.29, 0.717) is 17.0 Å². The SMILES string of the molecule is Cc1nn(-c2ccccc2)c2c1C(=O)[C@@]1(C)C(=C2)Oc2c(-c3ccc4c(=O)[nH]c(N)nc4n3)c(O)c(C)c(O)c21. The number of Topliss-reactive ketones (excluding diaryl/α,β-unsaturated/α-hetero) is 1. The van der Waals surface area contributed by atoms with Crippen LogP contribution < -0.4 is 16.0 Å². The third-order valence-electron chi connectivity index (χ3n) is 7.73. The van der Waals surface area contributed by atoms with E-state index in [1.54, 1.807) is 31.5 Å². The number of anilines is 1. The molecule has 1 atom stereocenters. The van der Waals surface area contributed by atoms with Gasteiger partial charge < -0.3 is 20.7 Å². The molecule has 0 bridgehead atoms. The molecule has 0 spiro atoms. The van der Waals surface area contributed by atoms with Crippen LogP contribution in [0.15, 0.2) is 53.0 Å². The highest BCUT2D eigenvalue weighted by Crippen LogP contribution is 2.60. The summed E-state index contributed by atoms with van der Waals surface area (Å²) in [7, 11) is 0. The number of H-pyrrole nitrogens is 1. The van der Waals surface area contributed by atoms with Crippen molar-refractivity contribution in [2.75, 3.05) is 5.73 Å². The van der Waals surface area contributed by atoms with Gasteiger partial charge in [0.05, 0.1) is 44.8 Å². The first-order chi connectivity index (χ1) is 19.1. The van der Waals surface area contributed by atoms with E-state index >= 15 is 0 Å². The minimum Gasteiger partial charge on any atom is -0.507 e. The van der Waals surface area contributed by atoms with E-state index in [1.807, 2.05) is 30.3 Å². The number of aromatic hydroxyl groups is 2. The summed E-state index contributed by atoms with van der Waals surface area (Å²) in [6, 6.07) is 12.5. The Bertz CT molecular complexity index is 2040. The molecule has 5 aromatic rings. The van der Waals surface area contributed by atoms with Crippen LogP contribution >= 0.6 is 0 Å². The minimum atomic E-state index is -1.40. The van der Waals surface area contributed by atoms with Gasteiger partial charge >= 0.3 is 0 Å². The molecular formula is C29H22N6O5. The van der Waals surface area contributed by atoms with Gasteiger partial charge in [0.15, 0.2) is 11.4 Å². The Labute approximate surface area is 226 Å². The predicted octanol–water partition coefficient (Wildman–Crippen LogP) is 3.67. The van der Waals surface area contributed by atoms with Gasteiger partial charge in [0, 0.05) is 11.6 Å². The molecule has 0 saturated carbocycles. The summed E-state index contributed by atoms with van der Waals surface area (Å²) in [4.78, 5) is 37.6. The molecular weight excluding hydrogens is 512 g/mol. The number of ketones is 1. The number of nitrogens with zero attached hydrogens (tertiary/aromatic N) is 4. The Morgan fingerprint density at radius 3 is 2.50 bits per heavy atom. The average molecular weight is 535 g/mol. The lowest BCUT2D eigenvalue weighted by atomic mass is 9.71. The van der Waals surface area contributed by atoms with E-state index in [2.05, 4.69) is 20.1 Å². The molecule has 11 heteroatoms. The van der Waals surface area contributed by atoms with Crippen LogP contribution in [0.5, 0.6) is 17.2 Å². The van der Waals surface area contributed by atoms with Crippen LogP contribution in [0.2, 0.25) is 0 Å². The Morgan fingerprint density at radius 2 is 1.75 bits per heavy atom. The van der Waals surface area contributed by atoms with Crippen LogP contribution in [0, 0.1) is 13.8 Å². The Hall–Kier alpha value is -5.45. The molecule has 1 aliphatic heterocycles. The van der Waals surface area contributed by atoms with Crippen molar-refractivity contribution in [2.24, 2.45) is 0 Å². The number of carbonyl (C=O) groups is 1. The number of benzene rings is 2. The summed E-state index contributed by atoms with van der Waals surface area (Å²) in [5.41, 5.74) is 6.96. The maximum absolute atomic E-state index is 14.3. The Kier molecular flexibility index (Phi) is 4.61. The highest BCUT2D eigenvalue weighted by molar-refractivity contribution is 6.14. The smallest absolute Gasteiger partial charge is 0.261 e. The van der Waals surface area contributed by atoms with E-state index in [4.69, 9.17) is 10.5 Å². The lowest BCUT2D eigenvalue weighted by Crippen LogP contribution is -2.36. The van der Waals surface area contributed by atoms with Gasteiger partial charge in [-0.05, 0) is 45.0 Å². The lowest BCUT2D eigenvalue weighted by molar-refractivity contribution is 0.0905. The third-order valence-corrected chi connectivity index (χ3v) is 7.73. The van der Waals surface area contributed by atoms with Crippen LogP contribution in [-0.2, 0) is 5.41 Å². The standard InChI is InChI=1S/C29H22N6O5/c1-12-22(36)20(16-10-9-15-26(31-16)32-28(30)33-27(15)39)24-21(23(12)37)29(3)18(40-24)11-17-19(25(29)38)13(2)34-35(17)14-7-5-4-6-8-14/h4-11,36-37H,1-3H3,(H3,30,31,32,33,39)/t29-/m0/s1. The number of rotatable bonds is 2. The predicted molar refractivity (Wildman–Crippen MR) is 147 cm³/mol. The van der Waals surface area contributed by atoms with E-state index < -0.39 is 11.0 Å². The van der Waals surface area contributed by atoms with E-state index in [1.165, 1.54) is 12.1 Å². The topological polar surface area (TPSA) is 169 Å². The number of phenolic OH excluding ortho intramolecular Hbond substituents is 2. The quantitative estimate of drug-likeness (QED) is 0.264. The number of pyridine rings is 1. The van der Waals surface area contributed by atoms with Crippen LogP contribution in [0.3, 0.4) is 0 Å². The summed E-state index contributed by atoms with van der Waals surface area (Å²) in [5.74, 6) is -0.568. The van der Waals surface area contributed by atoms with E-state index in [0.717, 1.165) is 5.69 Å². The number of hydrogen-bond acceptors (Lipinski definition) is 9. The average Bonchev–Trinajstić information content (AvgIpc) is 3.42. The monoisotopic (exact) mass is 534 g/mol. The van der Waals surface area contributed by atoms with Crippen LogP contribution in [0.1, 0.15) is 39.8 Å². The van der Waals surface area contributed by atoms with Gasteiger partial charge in [-0.2, -0.15) is 10.1 Å². The number of nitrogens with two attached hydrogens (primary N) is 1.